The summed E-state index contributed by atoms with van der Waals surface area (Å²) in [7, 11) is 0. The van der Waals surface area contributed by atoms with Crippen LogP contribution in [0.3, 0.4) is 0 Å². The Morgan fingerprint density at radius 2 is 1.90 bits per heavy atom. The molecule has 6 heteroatoms. The standard InChI is InChI=1S/C14H26N2O4/c1-14(2,3)20-13(19)15-11(12(17)18)7-6-10-16-8-4-5-9-16/h11H,4-10H2,1-3H3,(H,15,19)(H,17,18). The van der Waals surface area contributed by atoms with Gasteiger partial charge in [0.05, 0.1) is 0 Å². The van der Waals surface area contributed by atoms with Gasteiger partial charge in [0.1, 0.15) is 11.6 Å². The lowest BCUT2D eigenvalue weighted by molar-refractivity contribution is -0.139. The first-order valence-corrected chi connectivity index (χ1v) is 7.22. The Balaban J connectivity index is 2.32. The molecule has 0 aliphatic carbocycles. The Hall–Kier alpha value is -1.30. The van der Waals surface area contributed by atoms with E-state index < -0.39 is 23.7 Å². The van der Waals surface area contributed by atoms with E-state index in [4.69, 9.17) is 9.84 Å². The SMILES string of the molecule is CC(C)(C)OC(=O)NC(CCCN1CCCC1)C(=O)O. The molecule has 116 valence electrons. The second-order valence-corrected chi connectivity index (χ2v) is 6.23. The molecule has 1 aliphatic heterocycles. The molecular formula is C14H26N2O4. The summed E-state index contributed by atoms with van der Waals surface area (Å²) in [5.41, 5.74) is -0.622. The number of carbonyl (C=O) groups is 2. The van der Waals surface area contributed by atoms with Crippen molar-refractivity contribution in [2.24, 2.45) is 0 Å². The molecule has 1 saturated heterocycles. The van der Waals surface area contributed by atoms with Crippen LogP contribution in [0.1, 0.15) is 46.5 Å². The lowest BCUT2D eigenvalue weighted by Gasteiger charge is -2.22. The van der Waals surface area contributed by atoms with E-state index in [-0.39, 0.29) is 0 Å². The Morgan fingerprint density at radius 3 is 2.40 bits per heavy atom. The van der Waals surface area contributed by atoms with Gasteiger partial charge in [0.2, 0.25) is 0 Å². The van der Waals surface area contributed by atoms with Gasteiger partial charge < -0.3 is 20.1 Å². The molecule has 1 amide bonds. The Labute approximate surface area is 120 Å². The molecule has 1 fully saturated rings. The third-order valence-electron chi connectivity index (χ3n) is 3.15. The molecular weight excluding hydrogens is 260 g/mol. The fraction of sp³-hybridized carbons (Fsp3) is 0.857. The van der Waals surface area contributed by atoms with E-state index in [1.165, 1.54) is 12.8 Å². The molecule has 0 aromatic heterocycles. The zero-order valence-electron chi connectivity index (χ0n) is 12.6. The van der Waals surface area contributed by atoms with E-state index in [1.54, 1.807) is 20.8 Å². The number of nitrogens with zero attached hydrogens (tertiary/aromatic N) is 1. The molecule has 1 unspecified atom stereocenters. The van der Waals surface area contributed by atoms with E-state index in [0.29, 0.717) is 6.42 Å². The van der Waals surface area contributed by atoms with Gasteiger partial charge in [-0.3, -0.25) is 0 Å². The monoisotopic (exact) mass is 286 g/mol. The smallest absolute Gasteiger partial charge is 0.408 e. The summed E-state index contributed by atoms with van der Waals surface area (Å²) in [6.45, 7) is 8.31. The quantitative estimate of drug-likeness (QED) is 0.779. The average Bonchev–Trinajstić information content (AvgIpc) is 2.77. The number of nitrogens with one attached hydrogen (secondary N) is 1. The van der Waals surface area contributed by atoms with Gasteiger partial charge in [0.15, 0.2) is 0 Å². The Morgan fingerprint density at radius 1 is 1.30 bits per heavy atom. The highest BCUT2D eigenvalue weighted by Gasteiger charge is 2.24. The number of carboxylic acids is 1. The predicted molar refractivity (Wildman–Crippen MR) is 75.7 cm³/mol. The first kappa shape index (κ1) is 16.8. The fourth-order valence-electron chi connectivity index (χ4n) is 2.23. The van der Waals surface area contributed by atoms with Crippen LogP contribution in [0.15, 0.2) is 0 Å². The normalized spacial score (nSPS) is 17.8. The van der Waals surface area contributed by atoms with Crippen LogP contribution in [0.2, 0.25) is 0 Å². The van der Waals surface area contributed by atoms with Crippen molar-refractivity contribution in [3.8, 4) is 0 Å². The van der Waals surface area contributed by atoms with Crippen molar-refractivity contribution in [1.29, 1.82) is 0 Å². The van der Waals surface area contributed by atoms with Crippen molar-refractivity contribution in [2.75, 3.05) is 19.6 Å². The zero-order chi connectivity index (χ0) is 15.2. The van der Waals surface area contributed by atoms with Crippen molar-refractivity contribution in [3.63, 3.8) is 0 Å². The van der Waals surface area contributed by atoms with Crippen LogP contribution in [-0.2, 0) is 9.53 Å². The summed E-state index contributed by atoms with van der Waals surface area (Å²) in [4.78, 5) is 25.1. The van der Waals surface area contributed by atoms with Gasteiger partial charge in [0.25, 0.3) is 0 Å². The van der Waals surface area contributed by atoms with Gasteiger partial charge in [-0.1, -0.05) is 0 Å². The topological polar surface area (TPSA) is 78.9 Å². The molecule has 1 heterocycles. The highest BCUT2D eigenvalue weighted by atomic mass is 16.6. The third-order valence-corrected chi connectivity index (χ3v) is 3.15. The van der Waals surface area contributed by atoms with Crippen LogP contribution in [0.25, 0.3) is 0 Å². The van der Waals surface area contributed by atoms with E-state index in [9.17, 15) is 9.59 Å². The summed E-state index contributed by atoms with van der Waals surface area (Å²) >= 11 is 0. The van der Waals surface area contributed by atoms with Crippen LogP contribution < -0.4 is 5.32 Å². The Bertz CT molecular complexity index is 333. The fourth-order valence-corrected chi connectivity index (χ4v) is 2.23. The summed E-state index contributed by atoms with van der Waals surface area (Å²) < 4.78 is 5.07. The van der Waals surface area contributed by atoms with Crippen molar-refractivity contribution < 1.29 is 19.4 Å². The average molecular weight is 286 g/mol. The molecule has 0 bridgehead atoms. The minimum atomic E-state index is -1.02. The minimum absolute atomic E-state index is 0.422. The molecule has 0 aromatic rings. The van der Waals surface area contributed by atoms with Crippen LogP contribution in [0, 0.1) is 0 Å². The summed E-state index contributed by atoms with van der Waals surface area (Å²) in [6.07, 6.45) is 2.94. The maximum atomic E-state index is 11.6. The van der Waals surface area contributed by atoms with Gasteiger partial charge in [-0.15, -0.1) is 0 Å². The number of likely N-dealkylation sites (tertiary alicyclic amines) is 1. The third kappa shape index (κ3) is 6.75. The van der Waals surface area contributed by atoms with Crippen LogP contribution >= 0.6 is 0 Å². The van der Waals surface area contributed by atoms with E-state index >= 15 is 0 Å². The van der Waals surface area contributed by atoms with Crippen LogP contribution in [-0.4, -0.2) is 53.3 Å². The van der Waals surface area contributed by atoms with Gasteiger partial charge in [0, 0.05) is 0 Å². The number of carbonyl (C=O) groups excluding carboxylic acids is 1. The van der Waals surface area contributed by atoms with Crippen molar-refractivity contribution in [3.05, 3.63) is 0 Å². The largest absolute Gasteiger partial charge is 0.480 e. The van der Waals surface area contributed by atoms with Gasteiger partial charge in [-0.2, -0.15) is 0 Å². The second-order valence-electron chi connectivity index (χ2n) is 6.23. The van der Waals surface area contributed by atoms with Gasteiger partial charge in [-0.05, 0) is 66.1 Å². The lowest BCUT2D eigenvalue weighted by Crippen LogP contribution is -2.43. The molecule has 0 radical (unpaired) electrons. The first-order valence-electron chi connectivity index (χ1n) is 7.22. The van der Waals surface area contributed by atoms with E-state index in [1.807, 2.05) is 0 Å². The molecule has 20 heavy (non-hydrogen) atoms. The predicted octanol–water partition coefficient (Wildman–Crippen LogP) is 1.84. The molecule has 2 N–H and O–H groups in total. The van der Waals surface area contributed by atoms with Gasteiger partial charge in [-0.25, -0.2) is 9.59 Å². The maximum Gasteiger partial charge on any atom is 0.408 e. The number of amides is 1. The molecule has 0 saturated carbocycles. The molecule has 6 nitrogen and oxygen atoms in total. The van der Waals surface area contributed by atoms with E-state index in [2.05, 4.69) is 10.2 Å². The van der Waals surface area contributed by atoms with Crippen molar-refractivity contribution >= 4 is 12.1 Å². The summed E-state index contributed by atoms with van der Waals surface area (Å²) in [6, 6.07) is -0.882. The van der Waals surface area contributed by atoms with E-state index in [0.717, 1.165) is 26.1 Å². The number of rotatable bonds is 6. The minimum Gasteiger partial charge on any atom is -0.480 e. The van der Waals surface area contributed by atoms with Crippen LogP contribution in [0.4, 0.5) is 4.79 Å². The zero-order valence-corrected chi connectivity index (χ0v) is 12.6. The number of ether oxygens (including phenoxy) is 1. The lowest BCUT2D eigenvalue weighted by atomic mass is 10.1. The number of alkyl carbamates (subject to hydrolysis) is 1. The molecule has 0 aromatic carbocycles. The number of carboxylic acid groups (broad SMARTS) is 1. The Kier molecular flexibility index (Phi) is 6.26. The second kappa shape index (κ2) is 7.47. The summed E-state index contributed by atoms with van der Waals surface area (Å²) in [5, 5.41) is 11.5. The number of aliphatic carboxylic acids is 1. The van der Waals surface area contributed by atoms with Crippen molar-refractivity contribution in [2.45, 2.75) is 58.1 Å². The highest BCUT2D eigenvalue weighted by molar-refractivity contribution is 5.79. The van der Waals surface area contributed by atoms with Crippen LogP contribution in [0.5, 0.6) is 0 Å². The molecule has 1 aliphatic rings. The molecule has 1 rings (SSSR count). The molecule has 0 spiro atoms. The highest BCUT2D eigenvalue weighted by Crippen LogP contribution is 2.10. The molecule has 1 atom stereocenters. The van der Waals surface area contributed by atoms with Crippen molar-refractivity contribution in [1.82, 2.24) is 10.2 Å². The maximum absolute atomic E-state index is 11.6. The summed E-state index contributed by atoms with van der Waals surface area (Å²) in [5.74, 6) is -1.02. The first-order chi connectivity index (χ1) is 9.28. The number of hydrogen-bond donors (Lipinski definition) is 2. The van der Waals surface area contributed by atoms with Gasteiger partial charge >= 0.3 is 12.1 Å². The number of hydrogen-bond acceptors (Lipinski definition) is 4.